The molecular formula is C18H20N2O3S. The van der Waals surface area contributed by atoms with E-state index in [4.69, 9.17) is 0 Å². The van der Waals surface area contributed by atoms with E-state index in [9.17, 15) is 13.2 Å². The first-order chi connectivity index (χ1) is 11.4. The second-order valence-electron chi connectivity index (χ2n) is 5.52. The lowest BCUT2D eigenvalue weighted by Gasteiger charge is -2.13. The summed E-state index contributed by atoms with van der Waals surface area (Å²) in [6.07, 6.45) is 1.50. The van der Waals surface area contributed by atoms with Gasteiger partial charge in [-0.05, 0) is 37.6 Å². The smallest absolute Gasteiger partial charge is 0.261 e. The lowest BCUT2D eigenvalue weighted by atomic mass is 10.2. The average Bonchev–Trinajstić information content (AvgIpc) is 2.54. The molecule has 2 N–H and O–H groups in total. The Morgan fingerprint density at radius 3 is 2.29 bits per heavy atom. The summed E-state index contributed by atoms with van der Waals surface area (Å²) in [5.41, 5.74) is 2.02. The van der Waals surface area contributed by atoms with E-state index in [1.165, 1.54) is 18.2 Å². The minimum Gasteiger partial charge on any atom is -0.348 e. The van der Waals surface area contributed by atoms with Crippen LogP contribution < -0.4 is 10.0 Å². The van der Waals surface area contributed by atoms with Crippen molar-refractivity contribution < 1.29 is 13.2 Å². The van der Waals surface area contributed by atoms with E-state index < -0.39 is 10.0 Å². The molecule has 0 fully saturated rings. The van der Waals surface area contributed by atoms with Crippen LogP contribution in [0.2, 0.25) is 0 Å². The third-order valence-corrected chi connectivity index (χ3v) is 4.57. The van der Waals surface area contributed by atoms with Crippen LogP contribution in [0, 0.1) is 0 Å². The fourth-order valence-electron chi connectivity index (χ4n) is 2.07. The first-order valence-electron chi connectivity index (χ1n) is 7.47. The summed E-state index contributed by atoms with van der Waals surface area (Å²) in [4.78, 5) is 11.9. The molecule has 2 rings (SSSR count). The van der Waals surface area contributed by atoms with Gasteiger partial charge in [0.2, 0.25) is 5.91 Å². The molecule has 0 heterocycles. The molecule has 0 spiro atoms. The number of amides is 1. The van der Waals surface area contributed by atoms with Crippen LogP contribution in [0.1, 0.15) is 19.4 Å². The quantitative estimate of drug-likeness (QED) is 0.791. The van der Waals surface area contributed by atoms with E-state index in [0.29, 0.717) is 11.3 Å². The zero-order chi connectivity index (χ0) is 17.6. The Morgan fingerprint density at radius 2 is 1.62 bits per heavy atom. The molecule has 0 saturated carbocycles. The number of anilines is 1. The summed E-state index contributed by atoms with van der Waals surface area (Å²) in [5, 5.41) is 2.75. The van der Waals surface area contributed by atoms with Gasteiger partial charge in [0.05, 0.1) is 10.6 Å². The summed E-state index contributed by atoms with van der Waals surface area (Å²) in [5.74, 6) is -0.212. The van der Waals surface area contributed by atoms with Gasteiger partial charge in [-0.15, -0.1) is 0 Å². The maximum atomic E-state index is 12.4. The number of hydrogen-bond donors (Lipinski definition) is 2. The van der Waals surface area contributed by atoms with Gasteiger partial charge in [-0.3, -0.25) is 9.52 Å². The van der Waals surface area contributed by atoms with Gasteiger partial charge in [-0.1, -0.05) is 42.0 Å². The Kier molecular flexibility index (Phi) is 5.76. The molecule has 0 radical (unpaired) electrons. The molecule has 0 bridgehead atoms. The van der Waals surface area contributed by atoms with Gasteiger partial charge < -0.3 is 5.32 Å². The first kappa shape index (κ1) is 17.7. The van der Waals surface area contributed by atoms with Crippen LogP contribution in [0.15, 0.2) is 71.1 Å². The van der Waals surface area contributed by atoms with Gasteiger partial charge in [0.15, 0.2) is 0 Å². The Balaban J connectivity index is 2.17. The van der Waals surface area contributed by atoms with Crippen LogP contribution >= 0.6 is 0 Å². The number of rotatable bonds is 6. The van der Waals surface area contributed by atoms with Crippen LogP contribution in [0.5, 0.6) is 0 Å². The zero-order valence-electron chi connectivity index (χ0n) is 13.6. The zero-order valence-corrected chi connectivity index (χ0v) is 14.4. The lowest BCUT2D eigenvalue weighted by molar-refractivity contribution is -0.116. The molecule has 6 heteroatoms. The fourth-order valence-corrected chi connectivity index (χ4v) is 3.19. The predicted octanol–water partition coefficient (Wildman–Crippen LogP) is 3.07. The highest BCUT2D eigenvalue weighted by atomic mass is 32.2. The third kappa shape index (κ3) is 4.96. The number of carbonyl (C=O) groups excluding carboxylic acids is 1. The largest absolute Gasteiger partial charge is 0.348 e. The first-order valence-corrected chi connectivity index (χ1v) is 8.95. The Morgan fingerprint density at radius 1 is 1.00 bits per heavy atom. The lowest BCUT2D eigenvalue weighted by Crippen LogP contribution is -2.22. The second-order valence-corrected chi connectivity index (χ2v) is 7.20. The van der Waals surface area contributed by atoms with Crippen LogP contribution in [-0.4, -0.2) is 14.3 Å². The van der Waals surface area contributed by atoms with Crippen LogP contribution in [0.25, 0.3) is 0 Å². The van der Waals surface area contributed by atoms with E-state index >= 15 is 0 Å². The van der Waals surface area contributed by atoms with Crippen LogP contribution in [0.4, 0.5) is 5.69 Å². The number of para-hydroxylation sites is 1. The molecular weight excluding hydrogens is 324 g/mol. The molecule has 0 aliphatic heterocycles. The maximum Gasteiger partial charge on any atom is 0.261 e. The molecule has 0 atom stereocenters. The van der Waals surface area contributed by atoms with Crippen molar-refractivity contribution in [2.24, 2.45) is 0 Å². The SMILES string of the molecule is CC(C)=CC(=O)NCc1ccccc1NS(=O)(=O)c1ccccc1. The van der Waals surface area contributed by atoms with E-state index in [2.05, 4.69) is 10.0 Å². The van der Waals surface area contributed by atoms with Gasteiger partial charge in [-0.2, -0.15) is 0 Å². The molecule has 24 heavy (non-hydrogen) atoms. The standard InChI is InChI=1S/C18H20N2O3S/c1-14(2)12-18(21)19-13-15-8-6-7-11-17(15)20-24(22,23)16-9-4-3-5-10-16/h3-12,20H,13H2,1-2H3,(H,19,21). The number of carbonyl (C=O) groups is 1. The van der Waals surface area contributed by atoms with Crippen molar-refractivity contribution in [1.82, 2.24) is 5.32 Å². The van der Waals surface area contributed by atoms with Crippen molar-refractivity contribution in [3.05, 3.63) is 71.8 Å². The van der Waals surface area contributed by atoms with Gasteiger partial charge >= 0.3 is 0 Å². The van der Waals surface area contributed by atoms with Crippen LogP contribution in [0.3, 0.4) is 0 Å². The molecule has 5 nitrogen and oxygen atoms in total. The van der Waals surface area contributed by atoms with Gasteiger partial charge in [0.25, 0.3) is 10.0 Å². The number of allylic oxidation sites excluding steroid dienone is 1. The summed E-state index contributed by atoms with van der Waals surface area (Å²) < 4.78 is 27.4. The maximum absolute atomic E-state index is 12.4. The monoisotopic (exact) mass is 344 g/mol. The highest BCUT2D eigenvalue weighted by Crippen LogP contribution is 2.20. The van der Waals surface area contributed by atoms with Gasteiger partial charge in [-0.25, -0.2) is 8.42 Å². The van der Waals surface area contributed by atoms with Crippen molar-refractivity contribution in [2.45, 2.75) is 25.3 Å². The molecule has 0 aliphatic rings. The van der Waals surface area contributed by atoms with Crippen molar-refractivity contribution >= 4 is 21.6 Å². The van der Waals surface area contributed by atoms with Crippen molar-refractivity contribution in [1.29, 1.82) is 0 Å². The summed E-state index contributed by atoms with van der Waals surface area (Å²) in [6.45, 7) is 3.90. The number of sulfonamides is 1. The molecule has 0 aliphatic carbocycles. The molecule has 126 valence electrons. The van der Waals surface area contributed by atoms with E-state index in [1.807, 2.05) is 13.8 Å². The summed E-state index contributed by atoms with van der Waals surface area (Å²) >= 11 is 0. The van der Waals surface area contributed by atoms with E-state index in [0.717, 1.165) is 5.57 Å². The third-order valence-electron chi connectivity index (χ3n) is 3.19. The van der Waals surface area contributed by atoms with Crippen LogP contribution in [-0.2, 0) is 21.4 Å². The molecule has 2 aromatic carbocycles. The van der Waals surface area contributed by atoms with E-state index in [1.54, 1.807) is 42.5 Å². The van der Waals surface area contributed by atoms with E-state index in [-0.39, 0.29) is 17.3 Å². The number of hydrogen-bond acceptors (Lipinski definition) is 3. The number of nitrogens with one attached hydrogen (secondary N) is 2. The molecule has 0 unspecified atom stereocenters. The Labute approximate surface area is 142 Å². The second kappa shape index (κ2) is 7.79. The van der Waals surface area contributed by atoms with Gasteiger partial charge in [0, 0.05) is 12.6 Å². The van der Waals surface area contributed by atoms with Crippen molar-refractivity contribution in [2.75, 3.05) is 4.72 Å². The minimum absolute atomic E-state index is 0.188. The normalized spacial score (nSPS) is 10.8. The Bertz CT molecular complexity index is 840. The minimum atomic E-state index is -3.67. The Hall–Kier alpha value is -2.60. The van der Waals surface area contributed by atoms with Gasteiger partial charge in [0.1, 0.15) is 0 Å². The highest BCUT2D eigenvalue weighted by Gasteiger charge is 2.15. The topological polar surface area (TPSA) is 75.3 Å². The number of benzene rings is 2. The fraction of sp³-hybridized carbons (Fsp3) is 0.167. The van der Waals surface area contributed by atoms with Crippen molar-refractivity contribution in [3.63, 3.8) is 0 Å². The highest BCUT2D eigenvalue weighted by molar-refractivity contribution is 7.92. The van der Waals surface area contributed by atoms with Crippen molar-refractivity contribution in [3.8, 4) is 0 Å². The molecule has 2 aromatic rings. The summed E-state index contributed by atoms with van der Waals surface area (Å²) in [7, 11) is -3.67. The molecule has 0 saturated heterocycles. The molecule has 1 amide bonds. The average molecular weight is 344 g/mol. The molecule has 0 aromatic heterocycles. The summed E-state index contributed by atoms with van der Waals surface area (Å²) in [6, 6.07) is 15.1. The predicted molar refractivity (Wildman–Crippen MR) is 95.0 cm³/mol.